The third kappa shape index (κ3) is 4.08. The van der Waals surface area contributed by atoms with Crippen molar-refractivity contribution in [2.75, 3.05) is 0 Å². The lowest BCUT2D eigenvalue weighted by Gasteiger charge is -2.10. The molecule has 5 nitrogen and oxygen atoms in total. The Kier molecular flexibility index (Phi) is 5.34. The zero-order chi connectivity index (χ0) is 22.2. The molecule has 31 heavy (non-hydrogen) atoms. The van der Waals surface area contributed by atoms with Gasteiger partial charge in [0.25, 0.3) is 0 Å². The number of rotatable bonds is 5. The molecule has 0 amide bonds. The molecule has 0 aliphatic rings. The van der Waals surface area contributed by atoms with E-state index < -0.39 is 17.7 Å². The van der Waals surface area contributed by atoms with Crippen molar-refractivity contribution in [2.45, 2.75) is 33.1 Å². The van der Waals surface area contributed by atoms with Crippen molar-refractivity contribution in [1.29, 1.82) is 0 Å². The zero-order valence-electron chi connectivity index (χ0n) is 16.9. The van der Waals surface area contributed by atoms with Gasteiger partial charge >= 0.3 is 6.18 Å². The van der Waals surface area contributed by atoms with E-state index in [0.29, 0.717) is 41.7 Å². The fourth-order valence-electron chi connectivity index (χ4n) is 3.60. The van der Waals surface area contributed by atoms with Crippen molar-refractivity contribution in [3.8, 4) is 22.8 Å². The minimum Gasteiger partial charge on any atom is -0.330 e. The smallest absolute Gasteiger partial charge is 0.330 e. The van der Waals surface area contributed by atoms with Gasteiger partial charge in [0.2, 0.25) is 5.95 Å². The molecule has 0 fully saturated rings. The molecule has 0 aliphatic carbocycles. The van der Waals surface area contributed by atoms with Gasteiger partial charge in [0.15, 0.2) is 5.82 Å². The molecule has 0 radical (unpaired) electrons. The van der Waals surface area contributed by atoms with E-state index in [2.05, 4.69) is 15.0 Å². The first-order valence-electron chi connectivity index (χ1n) is 9.65. The first kappa shape index (κ1) is 20.8. The Morgan fingerprint density at radius 1 is 1.03 bits per heavy atom. The molecule has 0 saturated carbocycles. The molecule has 3 heterocycles. The Morgan fingerprint density at radius 2 is 1.81 bits per heavy atom. The molecule has 9 heteroatoms. The summed E-state index contributed by atoms with van der Waals surface area (Å²) in [4.78, 5) is 12.8. The molecule has 0 spiro atoms. The number of benzene rings is 1. The number of aromatic nitrogens is 5. The molecule has 1 aromatic carbocycles. The van der Waals surface area contributed by atoms with Gasteiger partial charge in [0.05, 0.1) is 17.8 Å². The molecule has 0 atom stereocenters. The minimum atomic E-state index is -4.43. The number of nitrogens with zero attached hydrogens (tertiary/aromatic N) is 5. The third-order valence-electron chi connectivity index (χ3n) is 5.05. The van der Waals surface area contributed by atoms with E-state index in [9.17, 15) is 17.6 Å². The SMILES string of the molecule is CCn1c(Cn2ccnc2-c2cccc(F)n2)nc(-c2cccc(C(F)(F)F)c2)c1C. The molecule has 0 N–H and O–H groups in total. The van der Waals surface area contributed by atoms with E-state index in [1.165, 1.54) is 12.1 Å². The van der Waals surface area contributed by atoms with E-state index in [0.717, 1.165) is 17.8 Å². The van der Waals surface area contributed by atoms with Crippen molar-refractivity contribution in [3.05, 3.63) is 77.9 Å². The predicted octanol–water partition coefficient (Wildman–Crippen LogP) is 5.34. The second-order valence-electron chi connectivity index (χ2n) is 7.01. The van der Waals surface area contributed by atoms with Crippen LogP contribution in [0.2, 0.25) is 0 Å². The van der Waals surface area contributed by atoms with Crippen LogP contribution in [0.4, 0.5) is 17.6 Å². The Hall–Kier alpha value is -3.49. The van der Waals surface area contributed by atoms with Gasteiger partial charge in [-0.05, 0) is 38.1 Å². The van der Waals surface area contributed by atoms with Crippen LogP contribution in [0.5, 0.6) is 0 Å². The lowest BCUT2D eigenvalue weighted by Crippen LogP contribution is -2.10. The summed E-state index contributed by atoms with van der Waals surface area (Å²) in [6, 6.07) is 9.62. The summed E-state index contributed by atoms with van der Waals surface area (Å²) in [5, 5.41) is 0. The van der Waals surface area contributed by atoms with Gasteiger partial charge < -0.3 is 9.13 Å². The Morgan fingerprint density at radius 3 is 2.52 bits per heavy atom. The van der Waals surface area contributed by atoms with Gasteiger partial charge in [-0.2, -0.15) is 17.6 Å². The topological polar surface area (TPSA) is 48.5 Å². The largest absolute Gasteiger partial charge is 0.416 e. The first-order valence-corrected chi connectivity index (χ1v) is 9.65. The van der Waals surface area contributed by atoms with E-state index in [-0.39, 0.29) is 0 Å². The summed E-state index contributed by atoms with van der Waals surface area (Å²) in [6.45, 7) is 4.67. The maximum absolute atomic E-state index is 13.6. The van der Waals surface area contributed by atoms with Crippen LogP contribution >= 0.6 is 0 Å². The van der Waals surface area contributed by atoms with Crippen LogP contribution in [0.25, 0.3) is 22.8 Å². The minimum absolute atomic E-state index is 0.307. The maximum atomic E-state index is 13.6. The van der Waals surface area contributed by atoms with Crippen LogP contribution in [0.15, 0.2) is 54.9 Å². The van der Waals surface area contributed by atoms with Gasteiger partial charge in [0.1, 0.15) is 11.5 Å². The average molecular weight is 429 g/mol. The fraction of sp³-hybridized carbons (Fsp3) is 0.227. The Balaban J connectivity index is 1.73. The monoisotopic (exact) mass is 429 g/mol. The van der Waals surface area contributed by atoms with Crippen molar-refractivity contribution in [1.82, 2.24) is 24.1 Å². The summed E-state index contributed by atoms with van der Waals surface area (Å²) < 4.78 is 56.7. The van der Waals surface area contributed by atoms with Gasteiger partial charge in [-0.25, -0.2) is 15.0 Å². The first-order chi connectivity index (χ1) is 14.8. The highest BCUT2D eigenvalue weighted by molar-refractivity contribution is 5.63. The molecule has 3 aromatic heterocycles. The molecule has 0 unspecified atom stereocenters. The van der Waals surface area contributed by atoms with E-state index >= 15 is 0 Å². The molecule has 4 rings (SSSR count). The summed E-state index contributed by atoms with van der Waals surface area (Å²) in [6.07, 6.45) is -1.11. The van der Waals surface area contributed by atoms with E-state index in [4.69, 9.17) is 0 Å². The van der Waals surface area contributed by atoms with Crippen LogP contribution in [0, 0.1) is 12.9 Å². The van der Waals surface area contributed by atoms with Crippen molar-refractivity contribution >= 4 is 0 Å². The van der Waals surface area contributed by atoms with Gasteiger partial charge in [-0.1, -0.05) is 18.2 Å². The molecule has 0 saturated heterocycles. The van der Waals surface area contributed by atoms with Crippen LogP contribution in [0.1, 0.15) is 24.0 Å². The van der Waals surface area contributed by atoms with Crippen molar-refractivity contribution < 1.29 is 17.6 Å². The number of pyridine rings is 1. The molecule has 160 valence electrons. The van der Waals surface area contributed by atoms with Gasteiger partial charge in [0, 0.05) is 30.2 Å². The molecule has 0 bridgehead atoms. The van der Waals surface area contributed by atoms with Crippen LogP contribution in [0.3, 0.4) is 0 Å². The summed E-state index contributed by atoms with van der Waals surface area (Å²) in [5.41, 5.74) is 1.33. The van der Waals surface area contributed by atoms with Gasteiger partial charge in [-0.3, -0.25) is 0 Å². The number of imidazole rings is 2. The van der Waals surface area contributed by atoms with E-state index in [1.807, 2.05) is 18.4 Å². The normalized spacial score (nSPS) is 11.8. The standard InChI is InChI=1S/C22H19F4N5/c1-3-31-14(2)20(15-6-4-7-16(12-15)22(24,25)26)29-19(31)13-30-11-10-27-21(30)17-8-5-9-18(23)28-17/h4-12H,3,13H2,1-2H3. The number of halogens is 4. The molecule has 4 aromatic rings. The fourth-order valence-corrected chi connectivity index (χ4v) is 3.60. The van der Waals surface area contributed by atoms with Crippen molar-refractivity contribution in [2.24, 2.45) is 0 Å². The number of hydrogen-bond donors (Lipinski definition) is 0. The third-order valence-corrected chi connectivity index (χ3v) is 5.05. The summed E-state index contributed by atoms with van der Waals surface area (Å²) in [7, 11) is 0. The second-order valence-corrected chi connectivity index (χ2v) is 7.01. The van der Waals surface area contributed by atoms with Crippen molar-refractivity contribution in [3.63, 3.8) is 0 Å². The van der Waals surface area contributed by atoms with Crippen LogP contribution in [-0.2, 0) is 19.3 Å². The quantitative estimate of drug-likeness (QED) is 0.318. The predicted molar refractivity (Wildman–Crippen MR) is 108 cm³/mol. The average Bonchev–Trinajstić information content (AvgIpc) is 3.32. The Bertz CT molecular complexity index is 1220. The summed E-state index contributed by atoms with van der Waals surface area (Å²) >= 11 is 0. The summed E-state index contributed by atoms with van der Waals surface area (Å²) in [5.74, 6) is 0.524. The molecular weight excluding hydrogens is 410 g/mol. The lowest BCUT2D eigenvalue weighted by molar-refractivity contribution is -0.137. The number of alkyl halides is 3. The maximum Gasteiger partial charge on any atom is 0.416 e. The molecule has 0 aliphatic heterocycles. The highest BCUT2D eigenvalue weighted by atomic mass is 19.4. The highest BCUT2D eigenvalue weighted by Gasteiger charge is 2.31. The van der Waals surface area contributed by atoms with E-state index in [1.54, 1.807) is 35.2 Å². The van der Waals surface area contributed by atoms with Crippen LogP contribution < -0.4 is 0 Å². The molecular formula is C22H19F4N5. The van der Waals surface area contributed by atoms with Crippen LogP contribution in [-0.4, -0.2) is 24.1 Å². The number of hydrogen-bond acceptors (Lipinski definition) is 3. The Labute approximate surface area is 176 Å². The highest BCUT2D eigenvalue weighted by Crippen LogP contribution is 2.33. The van der Waals surface area contributed by atoms with Gasteiger partial charge in [-0.15, -0.1) is 0 Å². The zero-order valence-corrected chi connectivity index (χ0v) is 16.9. The second kappa shape index (κ2) is 7.98. The lowest BCUT2D eigenvalue weighted by atomic mass is 10.1.